The Morgan fingerprint density at radius 2 is 0.523 bits per heavy atom. The Labute approximate surface area is 537 Å². The van der Waals surface area contributed by atoms with Gasteiger partial charge in [0.1, 0.15) is 19.3 Å². The second kappa shape index (κ2) is 60.0. The van der Waals surface area contributed by atoms with E-state index in [9.17, 15) is 43.2 Å². The Morgan fingerprint density at radius 3 is 0.773 bits per heavy atom. The number of aliphatic hydroxyl groups excluding tert-OH is 1. The summed E-state index contributed by atoms with van der Waals surface area (Å²) in [4.78, 5) is 72.1. The SMILES string of the molecule is CCCCCCCC(=O)OC[C@H](COP(=O)(O)OC[C@H](O)COP(=O)(O)OC[C@@H](COC(=O)CCCCCCCCCCC(C)C)OC(=O)CCCCCCCCCCCCCCCCCCCCC(C)C)OC(=O)CCCCCCCCCCC(C)C. The van der Waals surface area contributed by atoms with Crippen molar-refractivity contribution < 1.29 is 80.2 Å². The first-order valence-electron chi connectivity index (χ1n) is 35.8. The molecule has 0 aliphatic heterocycles. The highest BCUT2D eigenvalue weighted by Crippen LogP contribution is 2.45. The van der Waals surface area contributed by atoms with Gasteiger partial charge in [-0.3, -0.25) is 37.3 Å². The molecule has 0 aromatic carbocycles. The number of aliphatic hydroxyl groups is 1. The van der Waals surface area contributed by atoms with Gasteiger partial charge in [0, 0.05) is 25.7 Å². The van der Waals surface area contributed by atoms with Crippen molar-refractivity contribution in [3.8, 4) is 0 Å². The van der Waals surface area contributed by atoms with Gasteiger partial charge < -0.3 is 33.8 Å². The van der Waals surface area contributed by atoms with Gasteiger partial charge in [0.25, 0.3) is 0 Å². The molecular formula is C69H134O17P2. The first-order chi connectivity index (χ1) is 42.2. The van der Waals surface area contributed by atoms with Gasteiger partial charge >= 0.3 is 39.5 Å². The number of hydrogen-bond acceptors (Lipinski definition) is 15. The predicted octanol–water partition coefficient (Wildman–Crippen LogP) is 19.5. The summed E-state index contributed by atoms with van der Waals surface area (Å²) in [6.07, 6.45) is 43.7. The second-order valence-electron chi connectivity index (χ2n) is 26.3. The molecule has 0 saturated carbocycles. The average Bonchev–Trinajstić information content (AvgIpc) is 3.66. The maximum Gasteiger partial charge on any atom is 0.472 e. The molecule has 0 aromatic rings. The quantitative estimate of drug-likeness (QED) is 0.0222. The molecule has 0 aliphatic carbocycles. The molecule has 0 heterocycles. The highest BCUT2D eigenvalue weighted by molar-refractivity contribution is 7.47. The maximum atomic E-state index is 13.0. The molecule has 522 valence electrons. The van der Waals surface area contributed by atoms with Gasteiger partial charge in [-0.2, -0.15) is 0 Å². The number of phosphoric ester groups is 2. The summed E-state index contributed by atoms with van der Waals surface area (Å²) in [6.45, 7) is 11.7. The van der Waals surface area contributed by atoms with Crippen molar-refractivity contribution in [2.24, 2.45) is 17.8 Å². The summed E-state index contributed by atoms with van der Waals surface area (Å²) in [7, 11) is -9.89. The molecule has 0 aliphatic rings. The lowest BCUT2D eigenvalue weighted by Gasteiger charge is -2.21. The van der Waals surface area contributed by atoms with Gasteiger partial charge in [0.15, 0.2) is 12.2 Å². The van der Waals surface area contributed by atoms with Crippen LogP contribution in [0.25, 0.3) is 0 Å². The number of carbonyl (C=O) groups excluding carboxylic acids is 4. The molecule has 0 bridgehead atoms. The summed E-state index contributed by atoms with van der Waals surface area (Å²) in [5.41, 5.74) is 0. The lowest BCUT2D eigenvalue weighted by atomic mass is 10.0. The Bertz CT molecular complexity index is 1730. The monoisotopic (exact) mass is 1300 g/mol. The highest BCUT2D eigenvalue weighted by Gasteiger charge is 2.30. The molecule has 2 unspecified atom stereocenters. The normalized spacial score (nSPS) is 14.2. The number of phosphoric acid groups is 2. The van der Waals surface area contributed by atoms with Crippen molar-refractivity contribution >= 4 is 39.5 Å². The minimum absolute atomic E-state index is 0.103. The fraction of sp³-hybridized carbons (Fsp3) is 0.942. The van der Waals surface area contributed by atoms with E-state index in [1.165, 1.54) is 148 Å². The van der Waals surface area contributed by atoms with E-state index in [2.05, 4.69) is 48.5 Å². The fourth-order valence-electron chi connectivity index (χ4n) is 10.4. The van der Waals surface area contributed by atoms with Crippen molar-refractivity contribution in [1.82, 2.24) is 0 Å². The van der Waals surface area contributed by atoms with Crippen LogP contribution in [0.3, 0.4) is 0 Å². The zero-order valence-corrected chi connectivity index (χ0v) is 59.0. The zero-order chi connectivity index (χ0) is 65.2. The van der Waals surface area contributed by atoms with Crippen molar-refractivity contribution in [2.75, 3.05) is 39.6 Å². The molecule has 0 saturated heterocycles. The maximum absolute atomic E-state index is 13.0. The van der Waals surface area contributed by atoms with E-state index in [-0.39, 0.29) is 25.7 Å². The number of unbranched alkanes of at least 4 members (excludes halogenated alkanes) is 35. The number of hydrogen-bond donors (Lipinski definition) is 3. The summed E-state index contributed by atoms with van der Waals surface area (Å²) >= 11 is 0. The van der Waals surface area contributed by atoms with Crippen LogP contribution in [0.2, 0.25) is 0 Å². The number of esters is 4. The van der Waals surface area contributed by atoms with E-state index in [1.54, 1.807) is 0 Å². The van der Waals surface area contributed by atoms with Crippen LogP contribution in [0.1, 0.15) is 344 Å². The van der Waals surface area contributed by atoms with E-state index in [0.29, 0.717) is 25.7 Å². The van der Waals surface area contributed by atoms with E-state index in [0.717, 1.165) is 114 Å². The first kappa shape index (κ1) is 86.1. The van der Waals surface area contributed by atoms with Gasteiger partial charge in [-0.15, -0.1) is 0 Å². The van der Waals surface area contributed by atoms with Crippen molar-refractivity contribution in [3.63, 3.8) is 0 Å². The number of carbonyl (C=O) groups is 4. The van der Waals surface area contributed by atoms with Crippen LogP contribution in [0, 0.1) is 17.8 Å². The van der Waals surface area contributed by atoms with E-state index in [4.69, 9.17) is 37.0 Å². The zero-order valence-electron chi connectivity index (χ0n) is 57.2. The second-order valence-corrected chi connectivity index (χ2v) is 29.3. The Hall–Kier alpha value is -1.94. The van der Waals surface area contributed by atoms with Crippen LogP contribution >= 0.6 is 15.6 Å². The first-order valence-corrected chi connectivity index (χ1v) is 38.8. The molecule has 0 aromatic heterocycles. The van der Waals surface area contributed by atoms with Gasteiger partial charge in [-0.25, -0.2) is 9.13 Å². The Kier molecular flexibility index (Phi) is 58.7. The number of rotatable bonds is 67. The van der Waals surface area contributed by atoms with Crippen molar-refractivity contribution in [3.05, 3.63) is 0 Å². The largest absolute Gasteiger partial charge is 0.472 e. The molecule has 5 atom stereocenters. The Morgan fingerprint density at radius 1 is 0.307 bits per heavy atom. The van der Waals surface area contributed by atoms with Gasteiger partial charge in [-0.1, -0.05) is 292 Å². The van der Waals surface area contributed by atoms with Crippen molar-refractivity contribution in [2.45, 2.75) is 362 Å². The standard InChI is InChI=1S/C69H134O17P2/c1-8-9-10-33-43-50-66(71)79-56-64(85-69(74)53-46-39-32-26-24-29-36-42-49-62(6)7)58-83-87(75,76)81-54-63(70)55-82-88(77,78)84-59-65(57-80-67(72)51-44-37-30-25-23-28-35-41-48-61(4)5)86-68(73)52-45-38-31-22-20-18-16-14-12-11-13-15-17-19-21-27-34-40-47-60(2)3/h60-65,70H,8-59H2,1-7H3,(H,75,76)(H,77,78)/t63-,64+,65+/m0/s1. The van der Waals surface area contributed by atoms with E-state index >= 15 is 0 Å². The molecule has 88 heavy (non-hydrogen) atoms. The molecule has 3 N–H and O–H groups in total. The van der Waals surface area contributed by atoms with Crippen LogP contribution in [-0.4, -0.2) is 96.7 Å². The molecule has 19 heteroatoms. The Balaban J connectivity index is 5.10. The van der Waals surface area contributed by atoms with Crippen LogP contribution in [-0.2, 0) is 65.4 Å². The van der Waals surface area contributed by atoms with Crippen LogP contribution in [0.4, 0.5) is 0 Å². The van der Waals surface area contributed by atoms with Gasteiger partial charge in [0.2, 0.25) is 0 Å². The third-order valence-corrected chi connectivity index (χ3v) is 17.8. The smallest absolute Gasteiger partial charge is 0.462 e. The fourth-order valence-corrected chi connectivity index (χ4v) is 11.9. The average molecular weight is 1300 g/mol. The molecule has 0 amide bonds. The molecular weight excluding hydrogens is 1160 g/mol. The number of ether oxygens (including phenoxy) is 4. The van der Waals surface area contributed by atoms with Crippen LogP contribution in [0.15, 0.2) is 0 Å². The lowest BCUT2D eigenvalue weighted by Crippen LogP contribution is -2.30. The predicted molar refractivity (Wildman–Crippen MR) is 354 cm³/mol. The minimum Gasteiger partial charge on any atom is -0.462 e. The van der Waals surface area contributed by atoms with Crippen LogP contribution in [0.5, 0.6) is 0 Å². The topological polar surface area (TPSA) is 237 Å². The molecule has 0 fully saturated rings. The molecule has 0 rings (SSSR count). The molecule has 0 radical (unpaired) electrons. The third kappa shape index (κ3) is 62.8. The minimum atomic E-state index is -4.95. The van der Waals surface area contributed by atoms with E-state index in [1.807, 2.05) is 0 Å². The van der Waals surface area contributed by atoms with Crippen LogP contribution < -0.4 is 0 Å². The van der Waals surface area contributed by atoms with E-state index < -0.39 is 97.5 Å². The van der Waals surface area contributed by atoms with Gasteiger partial charge in [-0.05, 0) is 43.4 Å². The van der Waals surface area contributed by atoms with Gasteiger partial charge in [0.05, 0.1) is 26.4 Å². The molecule has 17 nitrogen and oxygen atoms in total. The third-order valence-electron chi connectivity index (χ3n) is 15.9. The lowest BCUT2D eigenvalue weighted by molar-refractivity contribution is -0.161. The summed E-state index contributed by atoms with van der Waals surface area (Å²) in [5.74, 6) is 0.123. The summed E-state index contributed by atoms with van der Waals surface area (Å²) in [5, 5.41) is 10.5. The molecule has 0 spiro atoms. The highest BCUT2D eigenvalue weighted by atomic mass is 31.2. The summed E-state index contributed by atoms with van der Waals surface area (Å²) < 4.78 is 68.0. The van der Waals surface area contributed by atoms with Crippen molar-refractivity contribution in [1.29, 1.82) is 0 Å². The summed E-state index contributed by atoms with van der Waals surface area (Å²) in [6, 6.07) is 0.